The molecule has 5 nitrogen and oxygen atoms in total. The molecule has 0 radical (unpaired) electrons. The summed E-state index contributed by atoms with van der Waals surface area (Å²) >= 11 is 0. The lowest BCUT2D eigenvalue weighted by Gasteiger charge is -2.13. The largest absolute Gasteiger partial charge is 0.574 e. The molecule has 0 saturated carbocycles. The number of benzene rings is 1. The van der Waals surface area contributed by atoms with Crippen molar-refractivity contribution in [3.63, 3.8) is 0 Å². The van der Waals surface area contributed by atoms with Gasteiger partial charge in [0.25, 0.3) is 10.0 Å². The molecule has 2 rings (SSSR count). The minimum atomic E-state index is -5.04. The quantitative estimate of drug-likeness (QED) is 0.941. The molecule has 0 amide bonds. The van der Waals surface area contributed by atoms with E-state index in [4.69, 9.17) is 0 Å². The molecule has 9 heteroatoms. The molecule has 0 aliphatic heterocycles. The Morgan fingerprint density at radius 1 is 1.05 bits per heavy atom. The number of nitrogens with one attached hydrogen (secondary N) is 1. The molecule has 0 spiro atoms. The van der Waals surface area contributed by atoms with E-state index < -0.39 is 27.2 Å². The maximum Gasteiger partial charge on any atom is 0.574 e. The highest BCUT2D eigenvalue weighted by Crippen LogP contribution is 2.28. The number of hydrogen-bond acceptors (Lipinski definition) is 4. The zero-order valence-electron chi connectivity index (χ0n) is 10.3. The topological polar surface area (TPSA) is 68.3 Å². The van der Waals surface area contributed by atoms with Gasteiger partial charge in [-0.1, -0.05) is 18.2 Å². The van der Waals surface area contributed by atoms with Crippen LogP contribution in [0.1, 0.15) is 0 Å². The summed E-state index contributed by atoms with van der Waals surface area (Å²) in [5.74, 6) is -1.03. The molecule has 1 aromatic heterocycles. The number of anilines is 1. The van der Waals surface area contributed by atoms with Crippen molar-refractivity contribution >= 4 is 15.7 Å². The van der Waals surface area contributed by atoms with Gasteiger partial charge >= 0.3 is 6.36 Å². The van der Waals surface area contributed by atoms with Crippen LogP contribution in [0.2, 0.25) is 0 Å². The molecular formula is C12H9F3N2O3S. The van der Waals surface area contributed by atoms with E-state index in [1.807, 2.05) is 0 Å². The molecule has 21 heavy (non-hydrogen) atoms. The van der Waals surface area contributed by atoms with Crippen LogP contribution in [0.3, 0.4) is 0 Å². The van der Waals surface area contributed by atoms with E-state index in [-0.39, 0.29) is 5.69 Å². The van der Waals surface area contributed by atoms with Gasteiger partial charge in [0, 0.05) is 11.9 Å². The first-order valence-corrected chi connectivity index (χ1v) is 7.05. The average Bonchev–Trinajstić information content (AvgIpc) is 2.38. The van der Waals surface area contributed by atoms with Gasteiger partial charge in [-0.25, -0.2) is 13.4 Å². The summed E-state index contributed by atoms with van der Waals surface area (Å²) < 4.78 is 66.8. The number of rotatable bonds is 4. The third-order valence-electron chi connectivity index (χ3n) is 2.26. The smallest absolute Gasteiger partial charge is 0.386 e. The highest BCUT2D eigenvalue weighted by atomic mass is 32.2. The van der Waals surface area contributed by atoms with Crippen LogP contribution >= 0.6 is 0 Å². The lowest BCUT2D eigenvalue weighted by Crippen LogP contribution is -2.21. The molecule has 1 heterocycles. The summed E-state index contributed by atoms with van der Waals surface area (Å²) in [5.41, 5.74) is 0.208. The summed E-state index contributed by atoms with van der Waals surface area (Å²) in [4.78, 5) is 2.61. The minimum Gasteiger partial charge on any atom is -0.386 e. The van der Waals surface area contributed by atoms with Crippen molar-refractivity contribution in [1.29, 1.82) is 0 Å². The zero-order chi connectivity index (χ0) is 15.5. The van der Waals surface area contributed by atoms with Gasteiger partial charge in [0.05, 0.1) is 0 Å². The van der Waals surface area contributed by atoms with Gasteiger partial charge in [-0.05, 0) is 24.3 Å². The van der Waals surface area contributed by atoms with Crippen molar-refractivity contribution in [2.24, 2.45) is 0 Å². The first-order valence-electron chi connectivity index (χ1n) is 5.56. The summed E-state index contributed by atoms with van der Waals surface area (Å²) in [5, 5.41) is 0. The van der Waals surface area contributed by atoms with Crippen LogP contribution in [0.15, 0.2) is 53.6 Å². The van der Waals surface area contributed by atoms with Gasteiger partial charge in [-0.15, -0.1) is 13.2 Å². The second-order valence-corrected chi connectivity index (χ2v) is 5.48. The molecule has 0 atom stereocenters. The van der Waals surface area contributed by atoms with Gasteiger partial charge in [-0.3, -0.25) is 4.72 Å². The Morgan fingerprint density at radius 3 is 2.33 bits per heavy atom. The Bertz CT molecular complexity index is 718. The van der Waals surface area contributed by atoms with Crippen molar-refractivity contribution in [2.45, 2.75) is 11.3 Å². The molecular weight excluding hydrogens is 309 g/mol. The molecule has 0 fully saturated rings. The lowest BCUT2D eigenvalue weighted by molar-refractivity contribution is -0.277. The van der Waals surface area contributed by atoms with Crippen LogP contribution < -0.4 is 9.46 Å². The Balaban J connectivity index is 2.37. The van der Waals surface area contributed by atoms with Crippen LogP contribution in [0, 0.1) is 0 Å². The molecule has 0 aliphatic rings. The monoisotopic (exact) mass is 318 g/mol. The average molecular weight is 318 g/mol. The SMILES string of the molecule is O=S(=O)(Nc1ccccc1)c1cccnc1OC(F)(F)F. The molecule has 1 N–H and O–H groups in total. The third-order valence-corrected chi connectivity index (χ3v) is 3.66. The van der Waals surface area contributed by atoms with E-state index >= 15 is 0 Å². The van der Waals surface area contributed by atoms with E-state index in [0.29, 0.717) is 0 Å². The summed E-state index contributed by atoms with van der Waals surface area (Å²) in [6.45, 7) is 0. The Hall–Kier alpha value is -2.29. The van der Waals surface area contributed by atoms with Gasteiger partial charge in [-0.2, -0.15) is 0 Å². The van der Waals surface area contributed by atoms with Gasteiger partial charge in [0.15, 0.2) is 0 Å². The fraction of sp³-hybridized carbons (Fsp3) is 0.0833. The normalized spacial score (nSPS) is 12.0. The fourth-order valence-corrected chi connectivity index (χ4v) is 2.62. The first kappa shape index (κ1) is 15.1. The van der Waals surface area contributed by atoms with Crippen LogP contribution in [0.5, 0.6) is 5.88 Å². The van der Waals surface area contributed by atoms with E-state index in [0.717, 1.165) is 12.3 Å². The first-order chi connectivity index (χ1) is 9.78. The number of alkyl halides is 3. The van der Waals surface area contributed by atoms with Crippen LogP contribution in [-0.4, -0.2) is 19.8 Å². The number of halogens is 3. The molecule has 112 valence electrons. The molecule has 2 aromatic rings. The standard InChI is InChI=1S/C12H9F3N2O3S/c13-12(14,15)20-11-10(7-4-8-16-11)21(18,19)17-9-5-2-1-3-6-9/h1-8,17H. The fourth-order valence-electron chi connectivity index (χ4n) is 1.48. The maximum absolute atomic E-state index is 12.3. The highest BCUT2D eigenvalue weighted by molar-refractivity contribution is 7.92. The van der Waals surface area contributed by atoms with Crippen molar-refractivity contribution in [3.8, 4) is 5.88 Å². The third kappa shape index (κ3) is 4.09. The second-order valence-electron chi connectivity index (χ2n) is 3.83. The molecule has 0 aliphatic carbocycles. The van der Waals surface area contributed by atoms with E-state index in [9.17, 15) is 21.6 Å². The number of ether oxygens (including phenoxy) is 1. The van der Waals surface area contributed by atoms with Crippen LogP contribution in [-0.2, 0) is 10.0 Å². The molecule has 0 saturated heterocycles. The van der Waals surface area contributed by atoms with E-state index in [1.165, 1.54) is 18.2 Å². The number of sulfonamides is 1. The zero-order valence-corrected chi connectivity index (χ0v) is 11.1. The maximum atomic E-state index is 12.3. The number of para-hydroxylation sites is 1. The Kier molecular flexibility index (Phi) is 4.03. The molecule has 1 aromatic carbocycles. The van der Waals surface area contributed by atoms with Gasteiger partial charge in [0.2, 0.25) is 5.88 Å². The summed E-state index contributed by atoms with van der Waals surface area (Å²) in [6.07, 6.45) is -4.03. The van der Waals surface area contributed by atoms with Crippen molar-refractivity contribution in [3.05, 3.63) is 48.7 Å². The highest BCUT2D eigenvalue weighted by Gasteiger charge is 2.35. The minimum absolute atomic E-state index is 0.208. The number of nitrogens with zero attached hydrogens (tertiary/aromatic N) is 1. The molecule has 0 unspecified atom stereocenters. The summed E-state index contributed by atoms with van der Waals surface area (Å²) in [6, 6.07) is 9.90. The number of aromatic nitrogens is 1. The molecule has 0 bridgehead atoms. The second kappa shape index (κ2) is 5.60. The predicted molar refractivity (Wildman–Crippen MR) is 68.2 cm³/mol. The van der Waals surface area contributed by atoms with Gasteiger partial charge in [0.1, 0.15) is 4.90 Å². The van der Waals surface area contributed by atoms with E-state index in [2.05, 4.69) is 14.4 Å². The lowest BCUT2D eigenvalue weighted by atomic mass is 10.3. The Labute approximate surface area is 118 Å². The summed E-state index contributed by atoms with van der Waals surface area (Å²) in [7, 11) is -4.25. The number of hydrogen-bond donors (Lipinski definition) is 1. The van der Waals surface area contributed by atoms with Crippen LogP contribution in [0.25, 0.3) is 0 Å². The van der Waals surface area contributed by atoms with Crippen molar-refractivity contribution in [2.75, 3.05) is 4.72 Å². The Morgan fingerprint density at radius 2 is 1.71 bits per heavy atom. The van der Waals surface area contributed by atoms with Gasteiger partial charge < -0.3 is 4.74 Å². The van der Waals surface area contributed by atoms with Crippen molar-refractivity contribution < 1.29 is 26.3 Å². The van der Waals surface area contributed by atoms with Crippen molar-refractivity contribution in [1.82, 2.24) is 4.98 Å². The van der Waals surface area contributed by atoms with Crippen LogP contribution in [0.4, 0.5) is 18.9 Å². The number of pyridine rings is 1. The predicted octanol–water partition coefficient (Wildman–Crippen LogP) is 2.78. The van der Waals surface area contributed by atoms with E-state index in [1.54, 1.807) is 18.2 Å².